The van der Waals surface area contributed by atoms with Crippen LogP contribution in [0.25, 0.3) is 0 Å². The van der Waals surface area contributed by atoms with Crippen LogP contribution in [0.1, 0.15) is 12.0 Å². The van der Waals surface area contributed by atoms with Gasteiger partial charge in [0.1, 0.15) is 5.82 Å². The van der Waals surface area contributed by atoms with E-state index >= 15 is 0 Å². The van der Waals surface area contributed by atoms with E-state index in [2.05, 4.69) is 14.9 Å². The topological polar surface area (TPSA) is 64.3 Å². The number of benzene rings is 1. The Morgan fingerprint density at radius 3 is 2.92 bits per heavy atom. The van der Waals surface area contributed by atoms with E-state index in [0.717, 1.165) is 31.4 Å². The van der Waals surface area contributed by atoms with Crippen LogP contribution in [0.15, 0.2) is 29.4 Å². The molecule has 8 heteroatoms. The molecule has 1 atom stereocenters. The lowest BCUT2D eigenvalue weighted by Crippen LogP contribution is -2.27. The predicted octanol–water partition coefficient (Wildman–Crippen LogP) is 2.59. The highest BCUT2D eigenvalue weighted by atomic mass is 32.2. The fraction of sp³-hybridized carbons (Fsp3) is 0.375. The normalized spacial score (nSPS) is 17.3. The average molecular weight is 352 g/mol. The number of hydrogen-bond donors (Lipinski definition) is 1. The van der Waals surface area contributed by atoms with Gasteiger partial charge in [0.2, 0.25) is 5.88 Å². The SMILES string of the molecule is COc1cc(N2CC[C@@H](N)C2)nc(SCc2cccc(F)c2F)n1. The van der Waals surface area contributed by atoms with Gasteiger partial charge >= 0.3 is 0 Å². The summed E-state index contributed by atoms with van der Waals surface area (Å²) in [6, 6.07) is 6.01. The minimum absolute atomic E-state index is 0.128. The highest BCUT2D eigenvalue weighted by molar-refractivity contribution is 7.98. The summed E-state index contributed by atoms with van der Waals surface area (Å²) in [6.45, 7) is 1.55. The van der Waals surface area contributed by atoms with Gasteiger partial charge in [-0.3, -0.25) is 0 Å². The number of anilines is 1. The Labute approximate surface area is 143 Å². The molecular weight excluding hydrogens is 334 g/mol. The average Bonchev–Trinajstić information content (AvgIpc) is 3.02. The minimum atomic E-state index is -0.855. The number of hydrogen-bond acceptors (Lipinski definition) is 6. The maximum absolute atomic E-state index is 13.7. The van der Waals surface area contributed by atoms with Crippen molar-refractivity contribution in [3.05, 3.63) is 41.5 Å². The van der Waals surface area contributed by atoms with Crippen molar-refractivity contribution in [3.8, 4) is 5.88 Å². The van der Waals surface area contributed by atoms with Gasteiger partial charge in [0.25, 0.3) is 0 Å². The monoisotopic (exact) mass is 352 g/mol. The summed E-state index contributed by atoms with van der Waals surface area (Å²) in [5.41, 5.74) is 6.21. The third kappa shape index (κ3) is 3.76. The van der Waals surface area contributed by atoms with Gasteiger partial charge in [-0.25, -0.2) is 13.8 Å². The molecule has 1 saturated heterocycles. The molecule has 0 spiro atoms. The summed E-state index contributed by atoms with van der Waals surface area (Å²) >= 11 is 1.23. The van der Waals surface area contributed by atoms with E-state index in [1.54, 1.807) is 12.1 Å². The molecule has 0 bridgehead atoms. The Kier molecular flexibility index (Phi) is 5.15. The standard InChI is InChI=1S/C16H18F2N4OS/c1-23-14-7-13(22-6-5-11(19)8-22)20-16(21-14)24-9-10-3-2-4-12(17)15(10)18/h2-4,7,11H,5-6,8-9,19H2,1H3/t11-/m1/s1. The maximum atomic E-state index is 13.7. The van der Waals surface area contributed by atoms with Gasteiger partial charge in [0.15, 0.2) is 16.8 Å². The van der Waals surface area contributed by atoms with Crippen LogP contribution in [0.5, 0.6) is 5.88 Å². The van der Waals surface area contributed by atoms with Gasteiger partial charge in [-0.2, -0.15) is 4.98 Å². The lowest BCUT2D eigenvalue weighted by Gasteiger charge is -2.18. The lowest BCUT2D eigenvalue weighted by atomic mass is 10.2. The molecule has 1 aromatic carbocycles. The van der Waals surface area contributed by atoms with Crippen molar-refractivity contribution in [3.63, 3.8) is 0 Å². The smallest absolute Gasteiger partial charge is 0.219 e. The van der Waals surface area contributed by atoms with Gasteiger partial charge < -0.3 is 15.4 Å². The van der Waals surface area contributed by atoms with Gasteiger partial charge in [-0.1, -0.05) is 23.9 Å². The third-order valence-electron chi connectivity index (χ3n) is 3.81. The Hall–Kier alpha value is -1.93. The Bertz CT molecular complexity index is 731. The van der Waals surface area contributed by atoms with Crippen molar-refractivity contribution in [1.82, 2.24) is 9.97 Å². The highest BCUT2D eigenvalue weighted by Gasteiger charge is 2.22. The zero-order chi connectivity index (χ0) is 17.1. The summed E-state index contributed by atoms with van der Waals surface area (Å²) in [7, 11) is 1.53. The van der Waals surface area contributed by atoms with E-state index in [1.165, 1.54) is 24.9 Å². The second-order valence-electron chi connectivity index (χ2n) is 5.55. The lowest BCUT2D eigenvalue weighted by molar-refractivity contribution is 0.392. The number of methoxy groups -OCH3 is 1. The van der Waals surface area contributed by atoms with Crippen LogP contribution >= 0.6 is 11.8 Å². The number of halogens is 2. The molecule has 2 aromatic rings. The zero-order valence-corrected chi connectivity index (χ0v) is 14.0. The largest absolute Gasteiger partial charge is 0.481 e. The molecule has 0 unspecified atom stereocenters. The summed E-state index contributed by atoms with van der Waals surface area (Å²) in [4.78, 5) is 10.8. The van der Waals surface area contributed by atoms with E-state index in [-0.39, 0.29) is 17.4 Å². The first-order valence-corrected chi connectivity index (χ1v) is 8.54. The molecule has 2 N–H and O–H groups in total. The van der Waals surface area contributed by atoms with Crippen LogP contribution < -0.4 is 15.4 Å². The first-order valence-electron chi connectivity index (χ1n) is 7.56. The molecule has 1 aliphatic rings. The van der Waals surface area contributed by atoms with Crippen LogP contribution in [0.4, 0.5) is 14.6 Å². The highest BCUT2D eigenvalue weighted by Crippen LogP contribution is 2.28. The number of nitrogens with two attached hydrogens (primary N) is 1. The summed E-state index contributed by atoms with van der Waals surface area (Å²) in [5.74, 6) is -0.292. The van der Waals surface area contributed by atoms with Gasteiger partial charge in [-0.15, -0.1) is 0 Å². The van der Waals surface area contributed by atoms with Crippen LogP contribution in [-0.4, -0.2) is 36.2 Å². The Morgan fingerprint density at radius 1 is 1.38 bits per heavy atom. The number of rotatable bonds is 5. The van der Waals surface area contributed by atoms with Crippen molar-refractivity contribution in [1.29, 1.82) is 0 Å². The van der Waals surface area contributed by atoms with E-state index in [4.69, 9.17) is 10.5 Å². The van der Waals surface area contributed by atoms with E-state index in [9.17, 15) is 8.78 Å². The van der Waals surface area contributed by atoms with Crippen LogP contribution in [0.2, 0.25) is 0 Å². The minimum Gasteiger partial charge on any atom is -0.481 e. The van der Waals surface area contributed by atoms with Gasteiger partial charge in [0.05, 0.1) is 7.11 Å². The van der Waals surface area contributed by atoms with Crippen molar-refractivity contribution in [2.45, 2.75) is 23.4 Å². The molecular formula is C16H18F2N4OS. The van der Waals surface area contributed by atoms with Crippen molar-refractivity contribution in [2.75, 3.05) is 25.1 Å². The van der Waals surface area contributed by atoms with Gasteiger partial charge in [-0.05, 0) is 12.5 Å². The second kappa shape index (κ2) is 7.31. The van der Waals surface area contributed by atoms with Crippen LogP contribution in [-0.2, 0) is 5.75 Å². The van der Waals surface area contributed by atoms with Crippen LogP contribution in [0, 0.1) is 11.6 Å². The molecule has 128 valence electrons. The molecule has 24 heavy (non-hydrogen) atoms. The maximum Gasteiger partial charge on any atom is 0.219 e. The molecule has 1 aromatic heterocycles. The number of thioether (sulfide) groups is 1. The molecule has 2 heterocycles. The number of ether oxygens (including phenoxy) is 1. The van der Waals surface area contributed by atoms with Gasteiger partial charge in [0, 0.05) is 36.5 Å². The van der Waals surface area contributed by atoms with E-state index < -0.39 is 11.6 Å². The van der Waals surface area contributed by atoms with Crippen molar-refractivity contribution >= 4 is 17.6 Å². The first kappa shape index (κ1) is 16.9. The third-order valence-corrected chi connectivity index (χ3v) is 4.71. The molecule has 1 fully saturated rings. The second-order valence-corrected chi connectivity index (χ2v) is 6.49. The number of aromatic nitrogens is 2. The molecule has 0 saturated carbocycles. The predicted molar refractivity (Wildman–Crippen MR) is 89.3 cm³/mol. The van der Waals surface area contributed by atoms with Crippen LogP contribution in [0.3, 0.4) is 0 Å². The first-order chi connectivity index (χ1) is 11.6. The van der Waals surface area contributed by atoms with Crippen molar-refractivity contribution < 1.29 is 13.5 Å². The Morgan fingerprint density at radius 2 is 2.21 bits per heavy atom. The van der Waals surface area contributed by atoms with E-state index in [0.29, 0.717) is 11.0 Å². The fourth-order valence-electron chi connectivity index (χ4n) is 2.52. The summed E-state index contributed by atoms with van der Waals surface area (Å²) in [6.07, 6.45) is 0.906. The zero-order valence-electron chi connectivity index (χ0n) is 13.2. The number of nitrogens with zero attached hydrogens (tertiary/aromatic N) is 3. The molecule has 0 aliphatic carbocycles. The quantitative estimate of drug-likeness (QED) is 0.659. The summed E-state index contributed by atoms with van der Waals surface area (Å²) < 4.78 is 32.2. The molecule has 1 aliphatic heterocycles. The Balaban J connectivity index is 1.78. The molecule has 5 nitrogen and oxygen atoms in total. The fourth-order valence-corrected chi connectivity index (χ4v) is 3.34. The molecule has 0 radical (unpaired) electrons. The molecule has 0 amide bonds. The molecule has 3 rings (SSSR count). The summed E-state index contributed by atoms with van der Waals surface area (Å²) in [5, 5.41) is 0.452. The van der Waals surface area contributed by atoms with E-state index in [1.807, 2.05) is 0 Å². The van der Waals surface area contributed by atoms with Crippen molar-refractivity contribution in [2.24, 2.45) is 5.73 Å².